The molecular weight excluding hydrogens is 236 g/mol. The van der Waals surface area contributed by atoms with Crippen LogP contribution >= 0.6 is 0 Å². The van der Waals surface area contributed by atoms with Gasteiger partial charge in [0.15, 0.2) is 0 Å². The van der Waals surface area contributed by atoms with E-state index >= 15 is 0 Å². The fourth-order valence-electron chi connectivity index (χ4n) is 2.76. The van der Waals surface area contributed by atoms with E-state index < -0.39 is 0 Å². The number of likely N-dealkylation sites (tertiary alicyclic amines) is 1. The van der Waals surface area contributed by atoms with Crippen molar-refractivity contribution in [3.05, 3.63) is 23.5 Å². The topological polar surface area (TPSA) is 44.0 Å². The standard InChI is InChI=1S/C15H24N4/c1-12(2)19-5-4-13(11-19)8-17-9-14-6-15(7-16)18(3)10-14/h6,10,12-13,17H,4-5,8-9,11H2,1-3H3. The lowest BCUT2D eigenvalue weighted by atomic mass is 10.1. The van der Waals surface area contributed by atoms with E-state index in [1.807, 2.05) is 23.9 Å². The van der Waals surface area contributed by atoms with Crippen LogP contribution in [-0.4, -0.2) is 35.1 Å². The first-order valence-corrected chi connectivity index (χ1v) is 7.10. The van der Waals surface area contributed by atoms with Crippen LogP contribution in [-0.2, 0) is 13.6 Å². The first kappa shape index (κ1) is 14.1. The summed E-state index contributed by atoms with van der Waals surface area (Å²) in [6.07, 6.45) is 3.32. The molecule has 4 heteroatoms. The number of aryl methyl sites for hydroxylation is 1. The Bertz CT molecular complexity index is 455. The molecule has 2 heterocycles. The smallest absolute Gasteiger partial charge is 0.120 e. The average Bonchev–Trinajstić information content (AvgIpc) is 2.96. The second-order valence-corrected chi connectivity index (χ2v) is 5.83. The van der Waals surface area contributed by atoms with Crippen molar-refractivity contribution in [2.45, 2.75) is 32.9 Å². The molecule has 0 aliphatic carbocycles. The summed E-state index contributed by atoms with van der Waals surface area (Å²) in [6.45, 7) is 8.90. The Kier molecular flexibility index (Phi) is 4.62. The molecule has 0 saturated carbocycles. The molecule has 0 bridgehead atoms. The van der Waals surface area contributed by atoms with Crippen LogP contribution in [0.3, 0.4) is 0 Å². The van der Waals surface area contributed by atoms with Gasteiger partial charge in [0.2, 0.25) is 0 Å². The van der Waals surface area contributed by atoms with Gasteiger partial charge in [-0.25, -0.2) is 0 Å². The third-order valence-electron chi connectivity index (χ3n) is 3.99. The van der Waals surface area contributed by atoms with E-state index in [0.717, 1.165) is 24.7 Å². The molecule has 1 fully saturated rings. The van der Waals surface area contributed by atoms with Crippen LogP contribution in [0.4, 0.5) is 0 Å². The number of rotatable bonds is 5. The van der Waals surface area contributed by atoms with Gasteiger partial charge in [0.1, 0.15) is 11.8 Å². The Hall–Kier alpha value is -1.31. The van der Waals surface area contributed by atoms with Crippen molar-refractivity contribution in [1.82, 2.24) is 14.8 Å². The monoisotopic (exact) mass is 260 g/mol. The summed E-state index contributed by atoms with van der Waals surface area (Å²) in [4.78, 5) is 2.54. The summed E-state index contributed by atoms with van der Waals surface area (Å²) >= 11 is 0. The third-order valence-corrected chi connectivity index (χ3v) is 3.99. The Balaban J connectivity index is 1.74. The summed E-state index contributed by atoms with van der Waals surface area (Å²) in [6, 6.07) is 4.82. The predicted molar refractivity (Wildman–Crippen MR) is 76.7 cm³/mol. The van der Waals surface area contributed by atoms with E-state index in [1.165, 1.54) is 25.1 Å². The summed E-state index contributed by atoms with van der Waals surface area (Å²) in [5, 5.41) is 12.4. The zero-order valence-corrected chi connectivity index (χ0v) is 12.2. The molecule has 2 rings (SSSR count). The quantitative estimate of drug-likeness (QED) is 0.876. The van der Waals surface area contributed by atoms with Gasteiger partial charge in [-0.3, -0.25) is 0 Å². The Morgan fingerprint density at radius 1 is 1.53 bits per heavy atom. The van der Waals surface area contributed by atoms with Crippen LogP contribution in [0.1, 0.15) is 31.5 Å². The molecular formula is C15H24N4. The normalized spacial score (nSPS) is 20.1. The van der Waals surface area contributed by atoms with Gasteiger partial charge in [0.25, 0.3) is 0 Å². The molecule has 1 N–H and O–H groups in total. The van der Waals surface area contributed by atoms with Gasteiger partial charge < -0.3 is 14.8 Å². The van der Waals surface area contributed by atoms with Crippen molar-refractivity contribution in [2.24, 2.45) is 13.0 Å². The van der Waals surface area contributed by atoms with Crippen LogP contribution in [0, 0.1) is 17.2 Å². The molecule has 1 aromatic heterocycles. The molecule has 1 saturated heterocycles. The second-order valence-electron chi connectivity index (χ2n) is 5.83. The first-order chi connectivity index (χ1) is 9.10. The lowest BCUT2D eigenvalue weighted by Gasteiger charge is -2.20. The fourth-order valence-corrected chi connectivity index (χ4v) is 2.76. The number of nitriles is 1. The van der Waals surface area contributed by atoms with Gasteiger partial charge in [-0.2, -0.15) is 5.26 Å². The molecule has 104 valence electrons. The fraction of sp³-hybridized carbons (Fsp3) is 0.667. The Morgan fingerprint density at radius 2 is 2.32 bits per heavy atom. The molecule has 0 spiro atoms. The number of hydrogen-bond acceptors (Lipinski definition) is 3. The minimum atomic E-state index is 0.664. The van der Waals surface area contributed by atoms with E-state index in [9.17, 15) is 0 Å². The Morgan fingerprint density at radius 3 is 2.89 bits per heavy atom. The summed E-state index contributed by atoms with van der Waals surface area (Å²) in [5.74, 6) is 0.765. The van der Waals surface area contributed by atoms with Crippen molar-refractivity contribution in [3.8, 4) is 6.07 Å². The van der Waals surface area contributed by atoms with E-state index in [0.29, 0.717) is 6.04 Å². The van der Waals surface area contributed by atoms with Crippen molar-refractivity contribution < 1.29 is 0 Å². The molecule has 0 aromatic carbocycles. The molecule has 1 aliphatic rings. The molecule has 1 unspecified atom stereocenters. The zero-order chi connectivity index (χ0) is 13.8. The van der Waals surface area contributed by atoms with E-state index in [1.54, 1.807) is 0 Å². The maximum Gasteiger partial charge on any atom is 0.120 e. The highest BCUT2D eigenvalue weighted by Gasteiger charge is 2.23. The molecule has 0 radical (unpaired) electrons. The van der Waals surface area contributed by atoms with Crippen molar-refractivity contribution >= 4 is 0 Å². The lowest BCUT2D eigenvalue weighted by Crippen LogP contribution is -2.30. The molecule has 1 atom stereocenters. The van der Waals surface area contributed by atoms with Crippen molar-refractivity contribution in [3.63, 3.8) is 0 Å². The highest BCUT2D eigenvalue weighted by molar-refractivity contribution is 5.28. The summed E-state index contributed by atoms with van der Waals surface area (Å²) < 4.78 is 1.88. The maximum atomic E-state index is 8.91. The van der Waals surface area contributed by atoms with Gasteiger partial charge in [0.05, 0.1) is 0 Å². The third kappa shape index (κ3) is 3.59. The molecule has 19 heavy (non-hydrogen) atoms. The van der Waals surface area contributed by atoms with Crippen LogP contribution in [0.5, 0.6) is 0 Å². The minimum Gasteiger partial charge on any atom is -0.342 e. The lowest BCUT2D eigenvalue weighted by molar-refractivity contribution is 0.264. The number of hydrogen-bond donors (Lipinski definition) is 1. The number of aromatic nitrogens is 1. The SMILES string of the molecule is CC(C)N1CCC(CNCc2cc(C#N)n(C)c2)C1. The molecule has 1 aliphatic heterocycles. The zero-order valence-electron chi connectivity index (χ0n) is 12.2. The minimum absolute atomic E-state index is 0.664. The van der Waals surface area contributed by atoms with E-state index in [4.69, 9.17) is 5.26 Å². The molecule has 4 nitrogen and oxygen atoms in total. The largest absolute Gasteiger partial charge is 0.342 e. The average molecular weight is 260 g/mol. The summed E-state index contributed by atoms with van der Waals surface area (Å²) in [5.41, 5.74) is 1.92. The van der Waals surface area contributed by atoms with Gasteiger partial charge in [-0.05, 0) is 50.9 Å². The summed E-state index contributed by atoms with van der Waals surface area (Å²) in [7, 11) is 1.92. The molecule has 0 amide bonds. The van der Waals surface area contributed by atoms with Crippen LogP contribution in [0.15, 0.2) is 12.3 Å². The number of nitrogens with zero attached hydrogens (tertiary/aromatic N) is 3. The van der Waals surface area contributed by atoms with Crippen molar-refractivity contribution in [2.75, 3.05) is 19.6 Å². The highest BCUT2D eigenvalue weighted by atomic mass is 15.2. The van der Waals surface area contributed by atoms with Crippen molar-refractivity contribution in [1.29, 1.82) is 5.26 Å². The second kappa shape index (κ2) is 6.23. The van der Waals surface area contributed by atoms with Crippen LogP contribution < -0.4 is 5.32 Å². The van der Waals surface area contributed by atoms with E-state index in [-0.39, 0.29) is 0 Å². The van der Waals surface area contributed by atoms with Gasteiger partial charge in [-0.15, -0.1) is 0 Å². The number of nitrogens with one attached hydrogen (secondary N) is 1. The predicted octanol–water partition coefficient (Wildman–Crippen LogP) is 1.72. The van der Waals surface area contributed by atoms with Gasteiger partial charge >= 0.3 is 0 Å². The van der Waals surface area contributed by atoms with Gasteiger partial charge in [-0.1, -0.05) is 0 Å². The van der Waals surface area contributed by atoms with Gasteiger partial charge in [0, 0.05) is 32.4 Å². The highest BCUT2D eigenvalue weighted by Crippen LogP contribution is 2.17. The first-order valence-electron chi connectivity index (χ1n) is 7.10. The maximum absolute atomic E-state index is 8.91. The Labute approximate surface area is 116 Å². The van der Waals surface area contributed by atoms with Crippen LogP contribution in [0.2, 0.25) is 0 Å². The van der Waals surface area contributed by atoms with Crippen LogP contribution in [0.25, 0.3) is 0 Å². The molecule has 1 aromatic rings. The van der Waals surface area contributed by atoms with E-state index in [2.05, 4.69) is 30.1 Å².